The van der Waals surface area contributed by atoms with E-state index in [1.165, 1.54) is 6.33 Å². The summed E-state index contributed by atoms with van der Waals surface area (Å²) in [7, 11) is 0. The van der Waals surface area contributed by atoms with Crippen molar-refractivity contribution in [1.82, 2.24) is 19.7 Å². The molecule has 1 aromatic carbocycles. The van der Waals surface area contributed by atoms with Crippen LogP contribution in [0.3, 0.4) is 0 Å². The van der Waals surface area contributed by atoms with Gasteiger partial charge in [0.05, 0.1) is 6.54 Å². The maximum absolute atomic E-state index is 5.49. The molecule has 0 aliphatic carbocycles. The fourth-order valence-electron chi connectivity index (χ4n) is 1.74. The van der Waals surface area contributed by atoms with E-state index in [1.807, 2.05) is 31.2 Å². The molecule has 0 radical (unpaired) electrons. The number of oxazole rings is 1. The molecule has 3 rings (SSSR count). The van der Waals surface area contributed by atoms with Gasteiger partial charge >= 0.3 is 0 Å². The molecule has 19 heavy (non-hydrogen) atoms. The Morgan fingerprint density at radius 3 is 2.74 bits per heavy atom. The molecule has 0 saturated heterocycles. The van der Waals surface area contributed by atoms with Crippen LogP contribution in [0.2, 0.25) is 0 Å². The van der Waals surface area contributed by atoms with Gasteiger partial charge in [-0.25, -0.2) is 14.6 Å². The van der Waals surface area contributed by atoms with Crippen LogP contribution >= 0.6 is 15.9 Å². The molecule has 0 bridgehead atoms. The Labute approximate surface area is 118 Å². The number of hydrogen-bond acceptors (Lipinski definition) is 4. The highest BCUT2D eigenvalue weighted by Gasteiger charge is 2.08. The average Bonchev–Trinajstić information content (AvgIpc) is 3.01. The third-order valence-electron chi connectivity index (χ3n) is 2.76. The van der Waals surface area contributed by atoms with Gasteiger partial charge in [-0.1, -0.05) is 15.9 Å². The van der Waals surface area contributed by atoms with Crippen LogP contribution in [0.4, 0.5) is 0 Å². The summed E-state index contributed by atoms with van der Waals surface area (Å²) in [6, 6.07) is 7.84. The lowest BCUT2D eigenvalue weighted by atomic mass is 10.2. The van der Waals surface area contributed by atoms with Crippen LogP contribution in [0.1, 0.15) is 11.5 Å². The van der Waals surface area contributed by atoms with Gasteiger partial charge in [-0.05, 0) is 31.2 Å². The van der Waals surface area contributed by atoms with Crippen LogP contribution < -0.4 is 0 Å². The fraction of sp³-hybridized carbons (Fsp3) is 0.154. The minimum absolute atomic E-state index is 0.561. The fourth-order valence-corrected chi connectivity index (χ4v) is 2.00. The number of rotatable bonds is 3. The molecular weight excluding hydrogens is 308 g/mol. The molecule has 0 spiro atoms. The van der Waals surface area contributed by atoms with Gasteiger partial charge in [-0.2, -0.15) is 5.10 Å². The number of benzene rings is 1. The topological polar surface area (TPSA) is 56.7 Å². The Hall–Kier alpha value is -1.95. The van der Waals surface area contributed by atoms with Crippen LogP contribution in [-0.4, -0.2) is 19.7 Å². The zero-order chi connectivity index (χ0) is 13.2. The van der Waals surface area contributed by atoms with Gasteiger partial charge in [0, 0.05) is 10.0 Å². The molecule has 0 aliphatic heterocycles. The van der Waals surface area contributed by atoms with Crippen molar-refractivity contribution >= 4 is 15.9 Å². The van der Waals surface area contributed by atoms with Crippen LogP contribution in [0.25, 0.3) is 11.5 Å². The van der Waals surface area contributed by atoms with Crippen LogP contribution in [0.15, 0.2) is 45.7 Å². The maximum atomic E-state index is 5.49. The highest BCUT2D eigenvalue weighted by atomic mass is 79.9. The van der Waals surface area contributed by atoms with Gasteiger partial charge < -0.3 is 4.42 Å². The molecule has 0 fully saturated rings. The molecule has 0 saturated carbocycles. The summed E-state index contributed by atoms with van der Waals surface area (Å²) >= 11 is 3.40. The largest absolute Gasteiger partial charge is 0.444 e. The van der Waals surface area contributed by atoms with Crippen LogP contribution in [0.5, 0.6) is 0 Å². The molecule has 0 atom stereocenters. The van der Waals surface area contributed by atoms with E-state index in [2.05, 4.69) is 31.0 Å². The first-order valence-corrected chi connectivity index (χ1v) is 6.56. The Morgan fingerprint density at radius 1 is 1.26 bits per heavy atom. The number of aromatic nitrogens is 4. The van der Waals surface area contributed by atoms with Gasteiger partial charge in [0.15, 0.2) is 0 Å². The smallest absolute Gasteiger partial charge is 0.226 e. The molecule has 0 N–H and O–H groups in total. The first-order chi connectivity index (χ1) is 9.22. The quantitative estimate of drug-likeness (QED) is 0.744. The Bertz CT molecular complexity index is 687. The number of halogens is 1. The van der Waals surface area contributed by atoms with E-state index in [1.54, 1.807) is 10.9 Å². The maximum Gasteiger partial charge on any atom is 0.226 e. The predicted octanol–water partition coefficient (Wildman–Crippen LogP) is 3.05. The number of aryl methyl sites for hydroxylation is 1. The molecule has 96 valence electrons. The van der Waals surface area contributed by atoms with Crippen molar-refractivity contribution in [1.29, 1.82) is 0 Å². The highest BCUT2D eigenvalue weighted by molar-refractivity contribution is 9.10. The van der Waals surface area contributed by atoms with Crippen LogP contribution in [0, 0.1) is 6.92 Å². The van der Waals surface area contributed by atoms with E-state index in [-0.39, 0.29) is 0 Å². The van der Waals surface area contributed by atoms with Crippen molar-refractivity contribution in [3.63, 3.8) is 0 Å². The summed E-state index contributed by atoms with van der Waals surface area (Å²) in [5.41, 5.74) is 1.77. The van der Waals surface area contributed by atoms with Crippen molar-refractivity contribution in [2.45, 2.75) is 13.5 Å². The lowest BCUT2D eigenvalue weighted by molar-refractivity contribution is 0.568. The van der Waals surface area contributed by atoms with E-state index in [0.717, 1.165) is 21.6 Å². The molecule has 2 aromatic heterocycles. The highest BCUT2D eigenvalue weighted by Crippen LogP contribution is 2.21. The van der Waals surface area contributed by atoms with Gasteiger partial charge in [0.2, 0.25) is 5.89 Å². The lowest BCUT2D eigenvalue weighted by Crippen LogP contribution is -2.04. The summed E-state index contributed by atoms with van der Waals surface area (Å²) in [4.78, 5) is 8.53. The van der Waals surface area contributed by atoms with Gasteiger partial charge in [0.25, 0.3) is 0 Å². The van der Waals surface area contributed by atoms with Gasteiger partial charge in [-0.15, -0.1) is 0 Å². The van der Waals surface area contributed by atoms with Crippen molar-refractivity contribution in [2.75, 3.05) is 0 Å². The number of hydrogen-bond donors (Lipinski definition) is 0. The standard InChI is InChI=1S/C13H11BrN4O/c1-9-15-8-16-18(9)6-12-7-19-13(17-12)10-2-4-11(14)5-3-10/h2-5,7-8H,6H2,1H3. The first-order valence-electron chi connectivity index (χ1n) is 5.77. The summed E-state index contributed by atoms with van der Waals surface area (Å²) in [5, 5.41) is 4.12. The van der Waals surface area contributed by atoms with Crippen molar-refractivity contribution in [3.05, 3.63) is 52.8 Å². The molecule has 0 amide bonds. The van der Waals surface area contributed by atoms with Crippen LogP contribution in [-0.2, 0) is 6.54 Å². The molecule has 5 nitrogen and oxygen atoms in total. The molecule has 2 heterocycles. The van der Waals surface area contributed by atoms with Crippen molar-refractivity contribution in [3.8, 4) is 11.5 Å². The SMILES string of the molecule is Cc1ncnn1Cc1coc(-c2ccc(Br)cc2)n1. The van der Waals surface area contributed by atoms with Gasteiger partial charge in [0.1, 0.15) is 24.1 Å². The third kappa shape index (κ3) is 2.58. The minimum atomic E-state index is 0.561. The third-order valence-corrected chi connectivity index (χ3v) is 3.29. The second-order valence-electron chi connectivity index (χ2n) is 4.12. The van der Waals surface area contributed by atoms with Crippen molar-refractivity contribution in [2.24, 2.45) is 0 Å². The monoisotopic (exact) mass is 318 g/mol. The van der Waals surface area contributed by atoms with Gasteiger partial charge in [-0.3, -0.25) is 0 Å². The Balaban J connectivity index is 1.83. The van der Waals surface area contributed by atoms with E-state index in [0.29, 0.717) is 12.4 Å². The Morgan fingerprint density at radius 2 is 2.05 bits per heavy atom. The van der Waals surface area contributed by atoms with E-state index < -0.39 is 0 Å². The lowest BCUT2D eigenvalue weighted by Gasteiger charge is -1.98. The second kappa shape index (κ2) is 4.97. The summed E-state index contributed by atoms with van der Waals surface area (Å²) < 4.78 is 8.30. The molecule has 3 aromatic rings. The summed E-state index contributed by atoms with van der Waals surface area (Å²) in [6.07, 6.45) is 3.18. The average molecular weight is 319 g/mol. The molecule has 0 aliphatic rings. The minimum Gasteiger partial charge on any atom is -0.444 e. The number of nitrogens with zero attached hydrogens (tertiary/aromatic N) is 4. The summed E-state index contributed by atoms with van der Waals surface area (Å²) in [5.74, 6) is 1.47. The van der Waals surface area contributed by atoms with E-state index >= 15 is 0 Å². The first kappa shape index (κ1) is 12.1. The molecule has 0 unspecified atom stereocenters. The molecule has 6 heteroatoms. The van der Waals surface area contributed by atoms with E-state index in [4.69, 9.17) is 4.42 Å². The molecular formula is C13H11BrN4O. The van der Waals surface area contributed by atoms with Crippen molar-refractivity contribution < 1.29 is 4.42 Å². The zero-order valence-corrected chi connectivity index (χ0v) is 11.8. The predicted molar refractivity (Wildman–Crippen MR) is 73.5 cm³/mol. The normalized spacial score (nSPS) is 10.8. The van der Waals surface area contributed by atoms with E-state index in [9.17, 15) is 0 Å². The second-order valence-corrected chi connectivity index (χ2v) is 5.03. The zero-order valence-electron chi connectivity index (χ0n) is 10.2. The Kier molecular flexibility index (Phi) is 3.16. The summed E-state index contributed by atoms with van der Waals surface area (Å²) in [6.45, 7) is 2.47.